The number of nitrogens with two attached hydrogens (primary N) is 1. The van der Waals surface area contributed by atoms with Crippen LogP contribution in [0.1, 0.15) is 24.2 Å². The van der Waals surface area contributed by atoms with Gasteiger partial charge in [-0.1, -0.05) is 36.0 Å². The molecule has 0 amide bonds. The first-order chi connectivity index (χ1) is 9.50. The van der Waals surface area contributed by atoms with Crippen molar-refractivity contribution in [1.82, 2.24) is 9.97 Å². The highest BCUT2D eigenvalue weighted by Crippen LogP contribution is 2.26. The fourth-order valence-corrected chi connectivity index (χ4v) is 2.18. The van der Waals surface area contributed by atoms with E-state index in [1.807, 2.05) is 36.2 Å². The van der Waals surface area contributed by atoms with Gasteiger partial charge in [0.05, 0.1) is 6.04 Å². The SMILES string of the molecule is CC(c1ccc(Cl)cc1)N(C)c1nccnc1C(N)=S. The molecule has 2 aromatic rings. The molecule has 1 unspecified atom stereocenters. The summed E-state index contributed by atoms with van der Waals surface area (Å²) in [6, 6.07) is 7.80. The number of hydrogen-bond donors (Lipinski definition) is 1. The van der Waals surface area contributed by atoms with Gasteiger partial charge in [-0.3, -0.25) is 0 Å². The molecule has 1 aromatic heterocycles. The smallest absolute Gasteiger partial charge is 0.157 e. The first-order valence-corrected chi connectivity index (χ1v) is 6.88. The zero-order valence-corrected chi connectivity index (χ0v) is 12.8. The molecule has 0 aliphatic heterocycles. The molecule has 1 atom stereocenters. The molecule has 2 rings (SSSR count). The first kappa shape index (κ1) is 14.7. The number of benzene rings is 1. The van der Waals surface area contributed by atoms with Gasteiger partial charge in [0, 0.05) is 24.5 Å². The summed E-state index contributed by atoms with van der Waals surface area (Å²) in [5.74, 6) is 0.669. The number of hydrogen-bond acceptors (Lipinski definition) is 4. The Hall–Kier alpha value is -1.72. The van der Waals surface area contributed by atoms with Crippen molar-refractivity contribution < 1.29 is 0 Å². The molecule has 0 fully saturated rings. The molecule has 0 aliphatic carbocycles. The largest absolute Gasteiger partial charge is 0.388 e. The predicted octanol–water partition coefficient (Wildman–Crippen LogP) is 2.96. The van der Waals surface area contributed by atoms with E-state index >= 15 is 0 Å². The Bertz CT molecular complexity index is 615. The van der Waals surface area contributed by atoms with Gasteiger partial charge in [0.25, 0.3) is 0 Å². The normalized spacial score (nSPS) is 11.9. The van der Waals surface area contributed by atoms with Gasteiger partial charge >= 0.3 is 0 Å². The van der Waals surface area contributed by atoms with Crippen molar-refractivity contribution in [3.63, 3.8) is 0 Å². The van der Waals surface area contributed by atoms with Gasteiger partial charge in [0.15, 0.2) is 5.82 Å². The van der Waals surface area contributed by atoms with Crippen LogP contribution in [0, 0.1) is 0 Å². The Morgan fingerprint density at radius 3 is 2.45 bits per heavy atom. The molecule has 0 aliphatic rings. The van der Waals surface area contributed by atoms with Crippen LogP contribution in [-0.4, -0.2) is 22.0 Å². The van der Waals surface area contributed by atoms with Crippen molar-refractivity contribution >= 4 is 34.6 Å². The van der Waals surface area contributed by atoms with Crippen LogP contribution in [-0.2, 0) is 0 Å². The molecule has 0 saturated heterocycles. The number of aromatic nitrogens is 2. The molecule has 0 saturated carbocycles. The molecule has 2 N–H and O–H groups in total. The predicted molar refractivity (Wildman–Crippen MR) is 86.2 cm³/mol. The van der Waals surface area contributed by atoms with E-state index in [9.17, 15) is 0 Å². The summed E-state index contributed by atoms with van der Waals surface area (Å²) in [6.07, 6.45) is 3.21. The molecule has 6 heteroatoms. The monoisotopic (exact) mass is 306 g/mol. The first-order valence-electron chi connectivity index (χ1n) is 6.10. The zero-order valence-electron chi connectivity index (χ0n) is 11.2. The highest BCUT2D eigenvalue weighted by atomic mass is 35.5. The van der Waals surface area contributed by atoms with E-state index in [1.165, 1.54) is 0 Å². The maximum atomic E-state index is 5.91. The number of halogens is 1. The second kappa shape index (κ2) is 6.15. The van der Waals surface area contributed by atoms with Gasteiger partial charge in [-0.25, -0.2) is 9.97 Å². The molecule has 1 aromatic carbocycles. The van der Waals surface area contributed by atoms with Gasteiger partial charge in [-0.15, -0.1) is 0 Å². The van der Waals surface area contributed by atoms with Crippen LogP contribution in [0.3, 0.4) is 0 Å². The molecule has 1 heterocycles. The summed E-state index contributed by atoms with van der Waals surface area (Å²) in [4.78, 5) is 10.8. The molecule has 104 valence electrons. The minimum Gasteiger partial charge on any atom is -0.388 e. The van der Waals surface area contributed by atoms with E-state index in [2.05, 4.69) is 16.9 Å². The Morgan fingerprint density at radius 2 is 1.85 bits per heavy atom. The minimum atomic E-state index is 0.0945. The van der Waals surface area contributed by atoms with Gasteiger partial charge in [0.2, 0.25) is 0 Å². The van der Waals surface area contributed by atoms with Crippen LogP contribution in [0.25, 0.3) is 0 Å². The van der Waals surface area contributed by atoms with Gasteiger partial charge in [-0.2, -0.15) is 0 Å². The minimum absolute atomic E-state index is 0.0945. The summed E-state index contributed by atoms with van der Waals surface area (Å²) in [7, 11) is 1.94. The maximum absolute atomic E-state index is 5.91. The van der Waals surface area contributed by atoms with E-state index in [1.54, 1.807) is 12.4 Å². The molecule has 0 radical (unpaired) electrons. The fourth-order valence-electron chi connectivity index (χ4n) is 1.91. The summed E-state index contributed by atoms with van der Waals surface area (Å²) >= 11 is 10.9. The average molecular weight is 307 g/mol. The van der Waals surface area contributed by atoms with Crippen LogP contribution in [0.5, 0.6) is 0 Å². The molecule has 4 nitrogen and oxygen atoms in total. The van der Waals surface area contributed by atoms with E-state index < -0.39 is 0 Å². The summed E-state index contributed by atoms with van der Waals surface area (Å²) < 4.78 is 0. The van der Waals surface area contributed by atoms with Crippen molar-refractivity contribution in [3.05, 3.63) is 52.9 Å². The lowest BCUT2D eigenvalue weighted by Crippen LogP contribution is -2.26. The van der Waals surface area contributed by atoms with Crippen molar-refractivity contribution in [2.24, 2.45) is 5.73 Å². The standard InChI is InChI=1S/C14H15ClN4S/c1-9(10-3-5-11(15)6-4-10)19(2)14-12(13(16)20)17-7-8-18-14/h3-9H,1-2H3,(H2,16,20). The zero-order chi connectivity index (χ0) is 14.7. The van der Waals surface area contributed by atoms with Gasteiger partial charge in [-0.05, 0) is 24.6 Å². The number of nitrogens with zero attached hydrogens (tertiary/aromatic N) is 3. The van der Waals surface area contributed by atoms with Crippen LogP contribution < -0.4 is 10.6 Å². The Kier molecular flexibility index (Phi) is 4.52. The lowest BCUT2D eigenvalue weighted by molar-refractivity contribution is 0.725. The van der Waals surface area contributed by atoms with E-state index in [0.717, 1.165) is 5.56 Å². The Labute approximate surface area is 128 Å². The molecule has 20 heavy (non-hydrogen) atoms. The van der Waals surface area contributed by atoms with Gasteiger partial charge in [0.1, 0.15) is 10.7 Å². The molecular weight excluding hydrogens is 292 g/mol. The van der Waals surface area contributed by atoms with Crippen LogP contribution in [0.15, 0.2) is 36.7 Å². The van der Waals surface area contributed by atoms with Crippen LogP contribution in [0.4, 0.5) is 5.82 Å². The van der Waals surface area contributed by atoms with Gasteiger partial charge < -0.3 is 10.6 Å². The maximum Gasteiger partial charge on any atom is 0.157 e. The fraction of sp³-hybridized carbons (Fsp3) is 0.214. The van der Waals surface area contributed by atoms with Crippen molar-refractivity contribution in [1.29, 1.82) is 0 Å². The average Bonchev–Trinajstić information content (AvgIpc) is 2.46. The van der Waals surface area contributed by atoms with Crippen molar-refractivity contribution in [2.45, 2.75) is 13.0 Å². The highest BCUT2D eigenvalue weighted by Gasteiger charge is 2.18. The summed E-state index contributed by atoms with van der Waals surface area (Å²) in [6.45, 7) is 2.07. The number of rotatable bonds is 4. The molecular formula is C14H15ClN4S. The second-order valence-electron chi connectivity index (χ2n) is 4.43. The van der Waals surface area contributed by atoms with Crippen molar-refractivity contribution in [2.75, 3.05) is 11.9 Å². The molecule has 0 bridgehead atoms. The number of anilines is 1. The van der Waals surface area contributed by atoms with E-state index in [-0.39, 0.29) is 11.0 Å². The Balaban J connectivity index is 2.33. The van der Waals surface area contributed by atoms with Crippen LogP contribution >= 0.6 is 23.8 Å². The lowest BCUT2D eigenvalue weighted by atomic mass is 10.1. The third-order valence-corrected chi connectivity index (χ3v) is 3.63. The summed E-state index contributed by atoms with van der Waals surface area (Å²) in [5, 5.41) is 0.715. The quantitative estimate of drug-likeness (QED) is 0.880. The third kappa shape index (κ3) is 3.05. The van der Waals surface area contributed by atoms with Crippen molar-refractivity contribution in [3.8, 4) is 0 Å². The third-order valence-electron chi connectivity index (χ3n) is 3.18. The molecule has 0 spiro atoms. The Morgan fingerprint density at radius 1 is 1.25 bits per heavy atom. The lowest BCUT2D eigenvalue weighted by Gasteiger charge is -2.27. The summed E-state index contributed by atoms with van der Waals surface area (Å²) in [5.41, 5.74) is 7.35. The topological polar surface area (TPSA) is 55.0 Å². The number of thiocarbonyl (C=S) groups is 1. The second-order valence-corrected chi connectivity index (χ2v) is 5.31. The van der Waals surface area contributed by atoms with E-state index in [4.69, 9.17) is 29.6 Å². The highest BCUT2D eigenvalue weighted by molar-refractivity contribution is 7.80. The van der Waals surface area contributed by atoms with E-state index in [0.29, 0.717) is 16.5 Å². The van der Waals surface area contributed by atoms with Crippen LogP contribution in [0.2, 0.25) is 5.02 Å².